The van der Waals surface area contributed by atoms with Crippen molar-refractivity contribution in [1.29, 1.82) is 0 Å². The Bertz CT molecular complexity index is 373. The van der Waals surface area contributed by atoms with E-state index in [2.05, 4.69) is 34.8 Å². The molecule has 1 atom stereocenters. The minimum absolute atomic E-state index is 0.0119. The Morgan fingerprint density at radius 2 is 2.29 bits per heavy atom. The Labute approximate surface area is 92.3 Å². The first-order chi connectivity index (χ1) is 6.56. The van der Waals surface area contributed by atoms with Gasteiger partial charge in [0.05, 0.1) is 12.0 Å². The van der Waals surface area contributed by atoms with Gasteiger partial charge in [0, 0.05) is 6.54 Å². The Morgan fingerprint density at radius 1 is 1.64 bits per heavy atom. The van der Waals surface area contributed by atoms with Gasteiger partial charge in [-0.3, -0.25) is 9.36 Å². The first kappa shape index (κ1) is 11.4. The average Bonchev–Trinajstić information content (AvgIpc) is 2.19. The van der Waals surface area contributed by atoms with Crippen LogP contribution in [0, 0.1) is 12.8 Å². The normalized spacial score (nSPS) is 12.9. The Hall–Kier alpha value is -0.640. The molecule has 1 aromatic rings. The Kier molecular flexibility index (Phi) is 3.86. The first-order valence-corrected chi connectivity index (χ1v) is 5.57. The number of aromatic nitrogens is 2. The van der Waals surface area contributed by atoms with E-state index >= 15 is 0 Å². The number of rotatable bonds is 3. The molecule has 0 amide bonds. The van der Waals surface area contributed by atoms with Crippen LogP contribution in [0.3, 0.4) is 0 Å². The van der Waals surface area contributed by atoms with E-state index in [9.17, 15) is 4.79 Å². The summed E-state index contributed by atoms with van der Waals surface area (Å²) in [7, 11) is 0. The highest BCUT2D eigenvalue weighted by atomic mass is 79.9. The zero-order valence-corrected chi connectivity index (χ0v) is 10.3. The molecule has 0 bridgehead atoms. The van der Waals surface area contributed by atoms with Crippen molar-refractivity contribution in [2.24, 2.45) is 5.92 Å². The van der Waals surface area contributed by atoms with Crippen LogP contribution in [-0.4, -0.2) is 9.55 Å². The lowest BCUT2D eigenvalue weighted by Crippen LogP contribution is -2.24. The number of hydrogen-bond donors (Lipinski definition) is 0. The molecule has 0 radical (unpaired) electrons. The van der Waals surface area contributed by atoms with Crippen molar-refractivity contribution in [2.75, 3.05) is 0 Å². The molecule has 0 aliphatic heterocycles. The van der Waals surface area contributed by atoms with Crippen LogP contribution in [0.4, 0.5) is 0 Å². The lowest BCUT2D eigenvalue weighted by molar-refractivity contribution is 0.454. The van der Waals surface area contributed by atoms with E-state index in [1.807, 2.05) is 6.92 Å². The van der Waals surface area contributed by atoms with Gasteiger partial charge in [-0.15, -0.1) is 0 Å². The van der Waals surface area contributed by atoms with E-state index in [1.165, 1.54) is 0 Å². The maximum absolute atomic E-state index is 11.7. The number of nitrogens with zero attached hydrogens (tertiary/aromatic N) is 2. The SMILES string of the molecule is CCC(C)Cn1cnc(C)c(Br)c1=O. The van der Waals surface area contributed by atoms with Gasteiger partial charge in [-0.1, -0.05) is 20.3 Å². The Balaban J connectivity index is 3.00. The maximum Gasteiger partial charge on any atom is 0.267 e. The van der Waals surface area contributed by atoms with Gasteiger partial charge in [-0.2, -0.15) is 0 Å². The van der Waals surface area contributed by atoms with Crippen LogP contribution in [0.15, 0.2) is 15.6 Å². The minimum Gasteiger partial charge on any atom is -0.298 e. The predicted octanol–water partition coefficient (Wildman–Crippen LogP) is 2.36. The van der Waals surface area contributed by atoms with Gasteiger partial charge in [0.2, 0.25) is 0 Å². The van der Waals surface area contributed by atoms with Gasteiger partial charge in [-0.25, -0.2) is 4.98 Å². The second-order valence-corrected chi connectivity index (χ2v) is 4.41. The summed E-state index contributed by atoms with van der Waals surface area (Å²) in [6.45, 7) is 6.80. The molecule has 0 aliphatic rings. The molecule has 0 saturated heterocycles. The monoisotopic (exact) mass is 258 g/mol. The van der Waals surface area contributed by atoms with Gasteiger partial charge >= 0.3 is 0 Å². The third-order valence-electron chi connectivity index (χ3n) is 2.36. The summed E-state index contributed by atoms with van der Waals surface area (Å²) in [6, 6.07) is 0. The van der Waals surface area contributed by atoms with Crippen molar-refractivity contribution in [3.63, 3.8) is 0 Å². The molecule has 4 heteroatoms. The molecule has 1 rings (SSSR count). The third kappa shape index (κ3) is 2.44. The molecule has 0 fully saturated rings. The van der Waals surface area contributed by atoms with Crippen LogP contribution in [0.2, 0.25) is 0 Å². The van der Waals surface area contributed by atoms with Crippen molar-refractivity contribution in [1.82, 2.24) is 9.55 Å². The highest BCUT2D eigenvalue weighted by Gasteiger charge is 2.07. The van der Waals surface area contributed by atoms with Crippen molar-refractivity contribution in [3.8, 4) is 0 Å². The summed E-state index contributed by atoms with van der Waals surface area (Å²) >= 11 is 3.25. The summed E-state index contributed by atoms with van der Waals surface area (Å²) in [5, 5.41) is 0. The average molecular weight is 259 g/mol. The van der Waals surface area contributed by atoms with Gasteiger partial charge in [0.15, 0.2) is 0 Å². The van der Waals surface area contributed by atoms with Crippen LogP contribution in [0.5, 0.6) is 0 Å². The van der Waals surface area contributed by atoms with Crippen molar-refractivity contribution < 1.29 is 0 Å². The van der Waals surface area contributed by atoms with Crippen LogP contribution < -0.4 is 5.56 Å². The molecule has 0 N–H and O–H groups in total. The summed E-state index contributed by atoms with van der Waals surface area (Å²) in [4.78, 5) is 15.9. The fourth-order valence-electron chi connectivity index (χ4n) is 1.14. The van der Waals surface area contributed by atoms with E-state index in [4.69, 9.17) is 0 Å². The maximum atomic E-state index is 11.7. The zero-order valence-electron chi connectivity index (χ0n) is 8.75. The fraction of sp³-hybridized carbons (Fsp3) is 0.600. The molecule has 78 valence electrons. The quantitative estimate of drug-likeness (QED) is 0.835. The van der Waals surface area contributed by atoms with E-state index in [1.54, 1.807) is 10.9 Å². The van der Waals surface area contributed by atoms with Gasteiger partial charge in [0.25, 0.3) is 5.56 Å². The standard InChI is InChI=1S/C10H15BrN2O/c1-4-7(2)5-13-6-12-8(3)9(11)10(13)14/h6-7H,4-5H2,1-3H3. The van der Waals surface area contributed by atoms with Crippen molar-refractivity contribution in [3.05, 3.63) is 26.8 Å². The van der Waals surface area contributed by atoms with E-state index < -0.39 is 0 Å². The predicted molar refractivity (Wildman–Crippen MR) is 60.4 cm³/mol. The van der Waals surface area contributed by atoms with Gasteiger partial charge < -0.3 is 0 Å². The minimum atomic E-state index is 0.0119. The molecule has 0 saturated carbocycles. The highest BCUT2D eigenvalue weighted by Crippen LogP contribution is 2.08. The van der Waals surface area contributed by atoms with Crippen molar-refractivity contribution >= 4 is 15.9 Å². The number of hydrogen-bond acceptors (Lipinski definition) is 2. The summed E-state index contributed by atoms with van der Waals surface area (Å²) in [5.74, 6) is 0.504. The summed E-state index contributed by atoms with van der Waals surface area (Å²) in [5.41, 5.74) is 0.758. The fourth-order valence-corrected chi connectivity index (χ4v) is 1.47. The Morgan fingerprint density at radius 3 is 2.86 bits per heavy atom. The largest absolute Gasteiger partial charge is 0.298 e. The second kappa shape index (κ2) is 4.73. The van der Waals surface area contributed by atoms with Crippen LogP contribution in [-0.2, 0) is 6.54 Å². The molecule has 3 nitrogen and oxygen atoms in total. The zero-order chi connectivity index (χ0) is 10.7. The molecule has 0 aromatic carbocycles. The van der Waals surface area contributed by atoms with E-state index in [0.29, 0.717) is 10.4 Å². The van der Waals surface area contributed by atoms with Crippen molar-refractivity contribution in [2.45, 2.75) is 33.7 Å². The lowest BCUT2D eigenvalue weighted by atomic mass is 10.1. The molecule has 1 unspecified atom stereocenters. The van der Waals surface area contributed by atoms with Gasteiger partial charge in [0.1, 0.15) is 4.47 Å². The summed E-state index contributed by atoms with van der Waals surface area (Å²) < 4.78 is 2.23. The first-order valence-electron chi connectivity index (χ1n) is 4.77. The molecule has 1 heterocycles. The van der Waals surface area contributed by atoms with Crippen LogP contribution in [0.25, 0.3) is 0 Å². The van der Waals surface area contributed by atoms with E-state index in [-0.39, 0.29) is 5.56 Å². The smallest absolute Gasteiger partial charge is 0.267 e. The molecule has 1 aromatic heterocycles. The molecule has 0 aliphatic carbocycles. The topological polar surface area (TPSA) is 34.9 Å². The molecule has 14 heavy (non-hydrogen) atoms. The van der Waals surface area contributed by atoms with Crippen LogP contribution in [0.1, 0.15) is 26.0 Å². The van der Waals surface area contributed by atoms with E-state index in [0.717, 1.165) is 18.7 Å². The number of aryl methyl sites for hydroxylation is 1. The lowest BCUT2D eigenvalue weighted by Gasteiger charge is -2.11. The molecule has 0 spiro atoms. The number of halogens is 1. The van der Waals surface area contributed by atoms with Gasteiger partial charge in [-0.05, 0) is 28.8 Å². The highest BCUT2D eigenvalue weighted by molar-refractivity contribution is 9.10. The summed E-state index contributed by atoms with van der Waals surface area (Å²) in [6.07, 6.45) is 2.69. The molecular weight excluding hydrogens is 244 g/mol. The second-order valence-electron chi connectivity index (χ2n) is 3.61. The molecular formula is C10H15BrN2O. The van der Waals surface area contributed by atoms with Crippen LogP contribution >= 0.6 is 15.9 Å². The third-order valence-corrected chi connectivity index (χ3v) is 3.28.